The van der Waals surface area contributed by atoms with Gasteiger partial charge in [-0.2, -0.15) is 5.10 Å². The zero-order valence-corrected chi connectivity index (χ0v) is 16.5. The van der Waals surface area contributed by atoms with Crippen molar-refractivity contribution in [1.82, 2.24) is 15.1 Å². The fourth-order valence-corrected chi connectivity index (χ4v) is 5.44. The highest BCUT2D eigenvalue weighted by Crippen LogP contribution is 2.54. The van der Waals surface area contributed by atoms with E-state index in [1.807, 2.05) is 16.8 Å². The van der Waals surface area contributed by atoms with E-state index < -0.39 is 0 Å². The summed E-state index contributed by atoms with van der Waals surface area (Å²) in [7, 11) is 0. The Hall–Kier alpha value is -1.62. The maximum Gasteiger partial charge on any atom is 0.272 e. The van der Waals surface area contributed by atoms with Gasteiger partial charge in [-0.05, 0) is 62.3 Å². The lowest BCUT2D eigenvalue weighted by Crippen LogP contribution is -2.36. The van der Waals surface area contributed by atoms with Crippen molar-refractivity contribution in [1.29, 1.82) is 0 Å². The van der Waals surface area contributed by atoms with Gasteiger partial charge in [-0.3, -0.25) is 4.79 Å². The van der Waals surface area contributed by atoms with E-state index in [0.29, 0.717) is 23.6 Å². The molecule has 2 unspecified atom stereocenters. The van der Waals surface area contributed by atoms with E-state index in [-0.39, 0.29) is 5.91 Å². The number of fused-ring (bicyclic) bond motifs is 5. The molecule has 4 nitrogen and oxygen atoms in total. The fourth-order valence-electron chi connectivity index (χ4n) is 5.18. The number of carbonyl (C=O) groups is 1. The highest BCUT2D eigenvalue weighted by molar-refractivity contribution is 9.10. The number of aromatic nitrogens is 2. The first-order chi connectivity index (χ1) is 12.7. The first kappa shape index (κ1) is 16.5. The van der Waals surface area contributed by atoms with Crippen LogP contribution in [0, 0.1) is 0 Å². The maximum absolute atomic E-state index is 13.1. The van der Waals surface area contributed by atoms with Crippen molar-refractivity contribution >= 4 is 21.8 Å². The molecule has 1 aromatic carbocycles. The number of hydrogen-bond acceptors (Lipinski definition) is 2. The number of amides is 1. The number of halogens is 1. The largest absolute Gasteiger partial charge is 0.348 e. The third-order valence-corrected chi connectivity index (χ3v) is 6.94. The number of hydrogen-bond donors (Lipinski definition) is 1. The summed E-state index contributed by atoms with van der Waals surface area (Å²) in [6, 6.07) is 8.55. The molecule has 0 aliphatic heterocycles. The van der Waals surface area contributed by atoms with Crippen LogP contribution >= 0.6 is 15.9 Å². The van der Waals surface area contributed by atoms with Crippen molar-refractivity contribution in [3.63, 3.8) is 0 Å². The van der Waals surface area contributed by atoms with Crippen LogP contribution in [0.5, 0.6) is 0 Å². The summed E-state index contributed by atoms with van der Waals surface area (Å²) >= 11 is 3.50. The van der Waals surface area contributed by atoms with Crippen LogP contribution in [0.25, 0.3) is 5.69 Å². The van der Waals surface area contributed by atoms with Gasteiger partial charge in [0.1, 0.15) is 0 Å². The van der Waals surface area contributed by atoms with Crippen LogP contribution in [0.2, 0.25) is 0 Å². The minimum absolute atomic E-state index is 0.0385. The summed E-state index contributed by atoms with van der Waals surface area (Å²) < 4.78 is 3.10. The average molecular weight is 414 g/mol. The van der Waals surface area contributed by atoms with Gasteiger partial charge in [0, 0.05) is 22.0 Å². The molecule has 1 heterocycles. The molecule has 26 heavy (non-hydrogen) atoms. The lowest BCUT2D eigenvalue weighted by atomic mass is 9.93. The molecule has 1 N–H and O–H groups in total. The number of carbonyl (C=O) groups excluding carboxylic acids is 1. The molecular formula is C21H24BrN3O. The molecule has 2 saturated carbocycles. The molecule has 136 valence electrons. The van der Waals surface area contributed by atoms with Crippen molar-refractivity contribution in [2.75, 3.05) is 0 Å². The van der Waals surface area contributed by atoms with Crippen molar-refractivity contribution in [3.05, 3.63) is 45.7 Å². The predicted molar refractivity (Wildman–Crippen MR) is 105 cm³/mol. The molecule has 3 aliphatic carbocycles. The summed E-state index contributed by atoms with van der Waals surface area (Å²) in [6.45, 7) is 0. The zero-order valence-electron chi connectivity index (χ0n) is 14.9. The summed E-state index contributed by atoms with van der Waals surface area (Å²) in [6.07, 6.45) is 9.57. The van der Waals surface area contributed by atoms with Crippen LogP contribution in [-0.4, -0.2) is 21.7 Å². The van der Waals surface area contributed by atoms with Gasteiger partial charge >= 0.3 is 0 Å². The highest BCUT2D eigenvalue weighted by Gasteiger charge is 2.44. The van der Waals surface area contributed by atoms with E-state index in [0.717, 1.165) is 23.0 Å². The highest BCUT2D eigenvalue weighted by atomic mass is 79.9. The van der Waals surface area contributed by atoms with Crippen LogP contribution in [-0.2, 0) is 0 Å². The normalized spacial score (nSPS) is 24.7. The lowest BCUT2D eigenvalue weighted by molar-refractivity contribution is 0.0921. The molecule has 2 fully saturated rings. The third kappa shape index (κ3) is 2.72. The Bertz CT molecular complexity index is 836. The summed E-state index contributed by atoms with van der Waals surface area (Å²) in [5, 5.41) is 8.10. The van der Waals surface area contributed by atoms with Gasteiger partial charge in [-0.25, -0.2) is 4.68 Å². The van der Waals surface area contributed by atoms with Gasteiger partial charge in [-0.1, -0.05) is 35.2 Å². The quantitative estimate of drug-likeness (QED) is 0.763. The number of rotatable bonds is 3. The van der Waals surface area contributed by atoms with Crippen molar-refractivity contribution in [2.24, 2.45) is 0 Å². The first-order valence-electron chi connectivity index (χ1n) is 9.90. The molecule has 2 bridgehead atoms. The number of benzene rings is 1. The Morgan fingerprint density at radius 2 is 1.77 bits per heavy atom. The van der Waals surface area contributed by atoms with E-state index in [9.17, 15) is 4.79 Å². The first-order valence-corrected chi connectivity index (χ1v) is 10.7. The average Bonchev–Trinajstić information content (AvgIpc) is 3.36. The second-order valence-electron chi connectivity index (χ2n) is 8.05. The Morgan fingerprint density at radius 3 is 2.54 bits per heavy atom. The molecule has 0 spiro atoms. The van der Waals surface area contributed by atoms with Crippen LogP contribution in [0.15, 0.2) is 28.7 Å². The molecule has 0 radical (unpaired) electrons. The Kier molecular flexibility index (Phi) is 4.15. The van der Waals surface area contributed by atoms with E-state index in [2.05, 4.69) is 33.4 Å². The van der Waals surface area contributed by atoms with E-state index >= 15 is 0 Å². The second kappa shape index (κ2) is 6.52. The Morgan fingerprint density at radius 1 is 1.04 bits per heavy atom. The van der Waals surface area contributed by atoms with Gasteiger partial charge in [0.05, 0.1) is 11.4 Å². The minimum atomic E-state index is 0.0385. The molecule has 3 aliphatic rings. The SMILES string of the molecule is O=C(NC1CCCCC1)c1nn(-c2ccc(Br)cc2)c2c1C1CCC2C1. The molecule has 2 aromatic rings. The van der Waals surface area contributed by atoms with Crippen LogP contribution < -0.4 is 5.32 Å². The van der Waals surface area contributed by atoms with E-state index in [1.54, 1.807) is 0 Å². The molecule has 5 rings (SSSR count). The van der Waals surface area contributed by atoms with Crippen LogP contribution in [0.1, 0.15) is 84.9 Å². The predicted octanol–water partition coefficient (Wildman–Crippen LogP) is 5.06. The van der Waals surface area contributed by atoms with Crippen LogP contribution in [0.4, 0.5) is 0 Å². The lowest BCUT2D eigenvalue weighted by Gasteiger charge is -2.22. The molecule has 1 amide bonds. The number of nitrogens with one attached hydrogen (secondary N) is 1. The van der Waals surface area contributed by atoms with Gasteiger partial charge < -0.3 is 5.32 Å². The van der Waals surface area contributed by atoms with Crippen molar-refractivity contribution in [3.8, 4) is 5.69 Å². The summed E-state index contributed by atoms with van der Waals surface area (Å²) in [5.74, 6) is 1.12. The molecule has 0 saturated heterocycles. The van der Waals surface area contributed by atoms with Gasteiger partial charge in [0.15, 0.2) is 5.69 Å². The molecule has 5 heteroatoms. The number of nitrogens with zero attached hydrogens (tertiary/aromatic N) is 2. The fraction of sp³-hybridized carbons (Fsp3) is 0.524. The minimum Gasteiger partial charge on any atom is -0.348 e. The van der Waals surface area contributed by atoms with Gasteiger partial charge in [0.25, 0.3) is 5.91 Å². The molecular weight excluding hydrogens is 390 g/mol. The standard InChI is InChI=1S/C21H24BrN3O/c22-15-8-10-17(11-9-15)25-20-14-7-6-13(12-14)18(20)19(24-25)21(26)23-16-4-2-1-3-5-16/h8-11,13-14,16H,1-7,12H2,(H,23,26). The Balaban J connectivity index is 1.52. The summed E-state index contributed by atoms with van der Waals surface area (Å²) in [5.41, 5.74) is 4.25. The smallest absolute Gasteiger partial charge is 0.272 e. The molecule has 2 atom stereocenters. The molecule has 1 aromatic heterocycles. The second-order valence-corrected chi connectivity index (χ2v) is 8.97. The van der Waals surface area contributed by atoms with Gasteiger partial charge in [0.2, 0.25) is 0 Å². The van der Waals surface area contributed by atoms with Crippen LogP contribution in [0.3, 0.4) is 0 Å². The topological polar surface area (TPSA) is 46.9 Å². The van der Waals surface area contributed by atoms with E-state index in [1.165, 1.54) is 49.8 Å². The van der Waals surface area contributed by atoms with Crippen molar-refractivity contribution in [2.45, 2.75) is 69.2 Å². The van der Waals surface area contributed by atoms with Gasteiger partial charge in [-0.15, -0.1) is 0 Å². The maximum atomic E-state index is 13.1. The zero-order chi connectivity index (χ0) is 17.7. The monoisotopic (exact) mass is 413 g/mol. The Labute approximate surface area is 162 Å². The van der Waals surface area contributed by atoms with E-state index in [4.69, 9.17) is 5.10 Å². The third-order valence-electron chi connectivity index (χ3n) is 6.41. The summed E-state index contributed by atoms with van der Waals surface area (Å²) in [4.78, 5) is 13.1. The van der Waals surface area contributed by atoms with Crippen molar-refractivity contribution < 1.29 is 4.79 Å².